The Hall–Kier alpha value is -1.17. The molecule has 1 spiro atoms. The van der Waals surface area contributed by atoms with E-state index < -0.39 is 25.2 Å². The molecular formula is C20H28O4Si. The van der Waals surface area contributed by atoms with Crippen molar-refractivity contribution in [2.45, 2.75) is 68.5 Å². The Kier molecular flexibility index (Phi) is 3.91. The van der Waals surface area contributed by atoms with Gasteiger partial charge in [-0.2, -0.15) is 0 Å². The van der Waals surface area contributed by atoms with E-state index in [0.717, 1.165) is 25.7 Å². The minimum Gasteiger partial charge on any atom is -0.469 e. The summed E-state index contributed by atoms with van der Waals surface area (Å²) in [6, 6.07) is 10.5. The molecule has 0 unspecified atom stereocenters. The van der Waals surface area contributed by atoms with Crippen LogP contribution in [0.5, 0.6) is 0 Å². The third-order valence-electron chi connectivity index (χ3n) is 7.22. The largest absolute Gasteiger partial charge is 0.469 e. The topological polar surface area (TPSA) is 59.1 Å². The van der Waals surface area contributed by atoms with Crippen molar-refractivity contribution in [3.63, 3.8) is 0 Å². The average Bonchev–Trinajstić information content (AvgIpc) is 3.37. The lowest BCUT2D eigenvalue weighted by Crippen LogP contribution is -2.64. The summed E-state index contributed by atoms with van der Waals surface area (Å²) in [7, 11) is -0.545. The predicted molar refractivity (Wildman–Crippen MR) is 98.5 cm³/mol. The van der Waals surface area contributed by atoms with Crippen LogP contribution in [0.25, 0.3) is 0 Å². The Balaban J connectivity index is 1.86. The van der Waals surface area contributed by atoms with Crippen LogP contribution < -0.4 is 5.19 Å². The average molecular weight is 361 g/mol. The number of rotatable bonds is 3. The van der Waals surface area contributed by atoms with Gasteiger partial charge in [-0.15, -0.1) is 0 Å². The van der Waals surface area contributed by atoms with Crippen molar-refractivity contribution < 1.29 is 19.4 Å². The quantitative estimate of drug-likeness (QED) is 0.511. The fourth-order valence-electron chi connectivity index (χ4n) is 5.98. The maximum absolute atomic E-state index is 13.2. The Bertz CT molecular complexity index is 676. The molecular weight excluding hydrogens is 332 g/mol. The molecule has 1 saturated heterocycles. The summed E-state index contributed by atoms with van der Waals surface area (Å²) in [6.45, 7) is 4.66. The number of hydrogen-bond acceptors (Lipinski definition) is 4. The van der Waals surface area contributed by atoms with Crippen molar-refractivity contribution in [1.29, 1.82) is 0 Å². The van der Waals surface area contributed by atoms with Crippen LogP contribution in [0, 0.1) is 5.41 Å². The van der Waals surface area contributed by atoms with E-state index in [1.54, 1.807) is 0 Å². The molecule has 4 nitrogen and oxygen atoms in total. The molecule has 25 heavy (non-hydrogen) atoms. The van der Waals surface area contributed by atoms with E-state index in [1.807, 2.05) is 6.07 Å². The van der Waals surface area contributed by atoms with Crippen molar-refractivity contribution in [1.82, 2.24) is 0 Å². The molecule has 136 valence electrons. The molecule has 3 fully saturated rings. The summed E-state index contributed by atoms with van der Waals surface area (Å²) < 4.78 is 11.5. The van der Waals surface area contributed by atoms with Gasteiger partial charge in [0.1, 0.15) is 17.1 Å². The van der Waals surface area contributed by atoms with Gasteiger partial charge >= 0.3 is 5.97 Å². The van der Waals surface area contributed by atoms with E-state index in [2.05, 4.69) is 37.4 Å². The van der Waals surface area contributed by atoms with E-state index in [9.17, 15) is 9.90 Å². The number of esters is 1. The van der Waals surface area contributed by atoms with Crippen molar-refractivity contribution >= 4 is 19.2 Å². The lowest BCUT2D eigenvalue weighted by molar-refractivity contribution is -0.163. The molecule has 5 atom stereocenters. The van der Waals surface area contributed by atoms with Crippen LogP contribution >= 0.6 is 0 Å². The van der Waals surface area contributed by atoms with Gasteiger partial charge in [0.2, 0.25) is 0 Å². The van der Waals surface area contributed by atoms with Crippen LogP contribution in [0.2, 0.25) is 18.6 Å². The van der Waals surface area contributed by atoms with E-state index in [1.165, 1.54) is 12.3 Å². The molecule has 0 amide bonds. The number of carbonyl (C=O) groups excluding carboxylic acids is 1. The zero-order valence-corrected chi connectivity index (χ0v) is 16.3. The van der Waals surface area contributed by atoms with Gasteiger partial charge in [-0.3, -0.25) is 4.79 Å². The first-order valence-electron chi connectivity index (χ1n) is 9.40. The molecule has 1 aliphatic heterocycles. The standard InChI is InChI=1S/C20H28O4Si/c1-23-18(22)19-11-7-8-12-20(19)17(24-20)15(21)13-16(19)25(2,3)14-9-5-4-6-10-14/h4-6,9-10,15-17,21H,7-8,11-13H2,1-3H3/t15-,16+,17-,19-,20-/m0/s1. The Labute approximate surface area is 150 Å². The number of aliphatic hydroxyl groups excluding tert-OH is 1. The number of ether oxygens (including phenoxy) is 2. The monoisotopic (exact) mass is 360 g/mol. The number of aliphatic hydroxyl groups is 1. The van der Waals surface area contributed by atoms with Gasteiger partial charge in [-0.1, -0.05) is 61.5 Å². The van der Waals surface area contributed by atoms with E-state index in [4.69, 9.17) is 9.47 Å². The first kappa shape index (κ1) is 17.3. The van der Waals surface area contributed by atoms with Gasteiger partial charge in [0.25, 0.3) is 0 Å². The lowest BCUT2D eigenvalue weighted by atomic mass is 9.58. The van der Waals surface area contributed by atoms with Gasteiger partial charge in [0.15, 0.2) is 0 Å². The van der Waals surface area contributed by atoms with Crippen LogP contribution in [0.1, 0.15) is 32.1 Å². The van der Waals surface area contributed by atoms with E-state index >= 15 is 0 Å². The summed E-state index contributed by atoms with van der Waals surface area (Å²) in [4.78, 5) is 13.2. The lowest BCUT2D eigenvalue weighted by Gasteiger charge is -2.53. The number of carbonyl (C=O) groups is 1. The summed E-state index contributed by atoms with van der Waals surface area (Å²) >= 11 is 0. The molecule has 1 N–H and O–H groups in total. The van der Waals surface area contributed by atoms with Gasteiger partial charge in [0.05, 0.1) is 21.3 Å². The first-order chi connectivity index (χ1) is 11.9. The molecule has 4 rings (SSSR count). The van der Waals surface area contributed by atoms with E-state index in [0.29, 0.717) is 6.42 Å². The molecule has 0 bridgehead atoms. The molecule has 1 aromatic carbocycles. The highest BCUT2D eigenvalue weighted by atomic mass is 28.3. The van der Waals surface area contributed by atoms with Gasteiger partial charge in [0, 0.05) is 0 Å². The van der Waals surface area contributed by atoms with Crippen LogP contribution in [0.4, 0.5) is 0 Å². The predicted octanol–water partition coefficient (Wildman–Crippen LogP) is 2.61. The minimum atomic E-state index is -2.04. The zero-order chi connectivity index (χ0) is 17.9. The zero-order valence-electron chi connectivity index (χ0n) is 15.3. The fourth-order valence-corrected chi connectivity index (χ4v) is 10.0. The molecule has 1 aromatic rings. The molecule has 2 saturated carbocycles. The van der Waals surface area contributed by atoms with Gasteiger partial charge in [-0.25, -0.2) is 0 Å². The molecule has 1 heterocycles. The third-order valence-corrected chi connectivity index (χ3v) is 11.5. The Morgan fingerprint density at radius 3 is 2.60 bits per heavy atom. The highest BCUT2D eigenvalue weighted by Crippen LogP contribution is 2.70. The first-order valence-corrected chi connectivity index (χ1v) is 12.5. The van der Waals surface area contributed by atoms with Crippen molar-refractivity contribution in [2.24, 2.45) is 5.41 Å². The second-order valence-electron chi connectivity index (χ2n) is 8.54. The maximum Gasteiger partial charge on any atom is 0.314 e. The van der Waals surface area contributed by atoms with Crippen LogP contribution in [0.3, 0.4) is 0 Å². The maximum atomic E-state index is 13.2. The molecule has 3 aliphatic rings. The highest BCUT2D eigenvalue weighted by Gasteiger charge is 2.80. The smallest absolute Gasteiger partial charge is 0.314 e. The minimum absolute atomic E-state index is 0.115. The van der Waals surface area contributed by atoms with Crippen LogP contribution in [0.15, 0.2) is 30.3 Å². The Morgan fingerprint density at radius 2 is 1.92 bits per heavy atom. The number of epoxide rings is 1. The van der Waals surface area contributed by atoms with Crippen LogP contribution in [-0.2, 0) is 14.3 Å². The van der Waals surface area contributed by atoms with Crippen molar-refractivity contribution in [2.75, 3.05) is 7.11 Å². The molecule has 5 heteroatoms. The number of methoxy groups -OCH3 is 1. The van der Waals surface area contributed by atoms with Gasteiger partial charge < -0.3 is 14.6 Å². The fraction of sp³-hybridized carbons (Fsp3) is 0.650. The second kappa shape index (κ2) is 5.66. The summed E-state index contributed by atoms with van der Waals surface area (Å²) in [5.41, 5.74) is -0.987. The highest BCUT2D eigenvalue weighted by molar-refractivity contribution is 6.91. The molecule has 0 radical (unpaired) electrons. The van der Waals surface area contributed by atoms with Crippen molar-refractivity contribution in [3.05, 3.63) is 30.3 Å². The molecule has 0 aromatic heterocycles. The SMILES string of the molecule is COC(=O)[C@@]12CCCC[C@@]13O[C@H]3[C@@H](O)C[C@H]2[Si](C)(C)c1ccccc1. The second-order valence-corrected chi connectivity index (χ2v) is 13.3. The van der Waals surface area contributed by atoms with Crippen molar-refractivity contribution in [3.8, 4) is 0 Å². The van der Waals surface area contributed by atoms with Gasteiger partial charge in [-0.05, 0) is 24.8 Å². The summed E-state index contributed by atoms with van der Waals surface area (Å²) in [6.07, 6.45) is 3.73. The van der Waals surface area contributed by atoms with Crippen LogP contribution in [-0.4, -0.2) is 44.1 Å². The van der Waals surface area contributed by atoms with E-state index in [-0.39, 0.29) is 17.6 Å². The number of hydrogen-bond donors (Lipinski definition) is 1. The summed E-state index contributed by atoms with van der Waals surface area (Å²) in [5, 5.41) is 12.1. The molecule has 2 aliphatic carbocycles. The third kappa shape index (κ3) is 2.15. The normalized spacial score (nSPS) is 39.9. The number of benzene rings is 1. The summed E-state index contributed by atoms with van der Waals surface area (Å²) in [5.74, 6) is -0.122. The Morgan fingerprint density at radius 1 is 1.24 bits per heavy atom.